The summed E-state index contributed by atoms with van der Waals surface area (Å²) in [7, 11) is 0. The van der Waals surface area contributed by atoms with Crippen molar-refractivity contribution in [3.63, 3.8) is 0 Å². The van der Waals surface area contributed by atoms with Gasteiger partial charge in [-0.05, 0) is 42.6 Å². The van der Waals surface area contributed by atoms with Crippen LogP contribution in [0.2, 0.25) is 0 Å². The van der Waals surface area contributed by atoms with Gasteiger partial charge in [-0.2, -0.15) is 0 Å². The summed E-state index contributed by atoms with van der Waals surface area (Å²) in [5.41, 5.74) is 1.04. The zero-order valence-electron chi connectivity index (χ0n) is 10.8. The van der Waals surface area contributed by atoms with E-state index in [4.69, 9.17) is 0 Å². The Morgan fingerprint density at radius 3 is 2.65 bits per heavy atom. The summed E-state index contributed by atoms with van der Waals surface area (Å²) in [6.07, 6.45) is 1.99. The molecule has 0 heterocycles. The number of hydrogen-bond acceptors (Lipinski definition) is 1. The van der Waals surface area contributed by atoms with Gasteiger partial charge in [-0.1, -0.05) is 43.1 Å². The number of hydrogen-bond donors (Lipinski definition) is 1. The average Bonchev–Trinajstić information content (AvgIpc) is 2.32. The Morgan fingerprint density at radius 2 is 2.06 bits per heavy atom. The quantitative estimate of drug-likeness (QED) is 0.832. The summed E-state index contributed by atoms with van der Waals surface area (Å²) in [6, 6.07) is 5.29. The molecule has 3 heteroatoms. The molecule has 0 saturated carbocycles. The number of benzene rings is 1. The third kappa shape index (κ3) is 4.40. The van der Waals surface area contributed by atoms with Gasteiger partial charge in [-0.15, -0.1) is 0 Å². The number of likely N-dealkylation sites (N-methyl/N-ethyl adjacent to an activating group) is 1. The van der Waals surface area contributed by atoms with Crippen LogP contribution in [0.3, 0.4) is 0 Å². The molecule has 2 unspecified atom stereocenters. The Labute approximate surface area is 112 Å². The number of rotatable bonds is 6. The first kappa shape index (κ1) is 14.7. The predicted molar refractivity (Wildman–Crippen MR) is 74.7 cm³/mol. The molecule has 2 atom stereocenters. The fraction of sp³-hybridized carbons (Fsp3) is 0.571. The highest BCUT2D eigenvalue weighted by molar-refractivity contribution is 9.10. The van der Waals surface area contributed by atoms with Gasteiger partial charge in [0.25, 0.3) is 0 Å². The SMILES string of the molecule is CCNC(Cc1cc(F)ccc1Br)C(C)CC. The number of halogens is 2. The van der Waals surface area contributed by atoms with Gasteiger partial charge in [0.05, 0.1) is 0 Å². The highest BCUT2D eigenvalue weighted by Crippen LogP contribution is 2.22. The number of nitrogens with one attached hydrogen (secondary N) is 1. The van der Waals surface area contributed by atoms with Crippen molar-refractivity contribution in [3.05, 3.63) is 34.1 Å². The van der Waals surface area contributed by atoms with Crippen LogP contribution < -0.4 is 5.32 Å². The molecule has 0 amide bonds. The lowest BCUT2D eigenvalue weighted by Gasteiger charge is -2.24. The first-order valence-corrected chi connectivity index (χ1v) is 7.05. The molecule has 0 aliphatic carbocycles. The molecule has 0 aromatic heterocycles. The first-order valence-electron chi connectivity index (χ1n) is 6.25. The molecule has 0 spiro atoms. The second kappa shape index (κ2) is 7.12. The Hall–Kier alpha value is -0.410. The standard InChI is InChI=1S/C14H21BrFN/c1-4-10(3)14(17-5-2)9-11-8-12(16)6-7-13(11)15/h6-8,10,14,17H,4-5,9H2,1-3H3. The Balaban J connectivity index is 2.81. The van der Waals surface area contributed by atoms with Crippen LogP contribution in [0.15, 0.2) is 22.7 Å². The second-order valence-electron chi connectivity index (χ2n) is 4.49. The summed E-state index contributed by atoms with van der Waals surface area (Å²) < 4.78 is 14.2. The van der Waals surface area contributed by atoms with E-state index in [1.54, 1.807) is 12.1 Å². The van der Waals surface area contributed by atoms with E-state index in [1.807, 2.05) is 0 Å². The topological polar surface area (TPSA) is 12.0 Å². The molecule has 0 aliphatic heterocycles. The first-order chi connectivity index (χ1) is 8.08. The van der Waals surface area contributed by atoms with Crippen molar-refractivity contribution in [3.8, 4) is 0 Å². The maximum absolute atomic E-state index is 13.2. The smallest absolute Gasteiger partial charge is 0.123 e. The van der Waals surface area contributed by atoms with Gasteiger partial charge >= 0.3 is 0 Å². The highest BCUT2D eigenvalue weighted by Gasteiger charge is 2.16. The molecule has 1 rings (SSSR count). The Kier molecular flexibility index (Phi) is 6.14. The molecule has 0 bridgehead atoms. The van der Waals surface area contributed by atoms with Crippen LogP contribution in [0.25, 0.3) is 0 Å². The molecule has 96 valence electrons. The van der Waals surface area contributed by atoms with Gasteiger partial charge in [0.2, 0.25) is 0 Å². The van der Waals surface area contributed by atoms with Crippen molar-refractivity contribution in [1.82, 2.24) is 5.32 Å². The maximum Gasteiger partial charge on any atom is 0.123 e. The average molecular weight is 302 g/mol. The van der Waals surface area contributed by atoms with Crippen LogP contribution in [0.1, 0.15) is 32.8 Å². The zero-order valence-corrected chi connectivity index (χ0v) is 12.3. The van der Waals surface area contributed by atoms with Gasteiger partial charge in [-0.3, -0.25) is 0 Å². The van der Waals surface area contributed by atoms with E-state index in [9.17, 15) is 4.39 Å². The summed E-state index contributed by atoms with van der Waals surface area (Å²) >= 11 is 3.49. The van der Waals surface area contributed by atoms with Gasteiger partial charge in [0, 0.05) is 10.5 Å². The van der Waals surface area contributed by atoms with E-state index in [1.165, 1.54) is 6.07 Å². The van der Waals surface area contributed by atoms with Crippen molar-refractivity contribution in [1.29, 1.82) is 0 Å². The van der Waals surface area contributed by atoms with E-state index in [2.05, 4.69) is 42.0 Å². The fourth-order valence-electron chi connectivity index (χ4n) is 1.96. The van der Waals surface area contributed by atoms with Crippen LogP contribution in [-0.4, -0.2) is 12.6 Å². The van der Waals surface area contributed by atoms with Gasteiger partial charge in [-0.25, -0.2) is 4.39 Å². The largest absolute Gasteiger partial charge is 0.314 e. The van der Waals surface area contributed by atoms with Gasteiger partial charge < -0.3 is 5.32 Å². The van der Waals surface area contributed by atoms with Crippen LogP contribution in [0.5, 0.6) is 0 Å². The van der Waals surface area contributed by atoms with Crippen LogP contribution in [0, 0.1) is 11.7 Å². The molecular formula is C14H21BrFN. The summed E-state index contributed by atoms with van der Waals surface area (Å²) in [6.45, 7) is 7.48. The molecule has 1 aromatic carbocycles. The Morgan fingerprint density at radius 1 is 1.35 bits per heavy atom. The lowest BCUT2D eigenvalue weighted by molar-refractivity contribution is 0.370. The molecule has 17 heavy (non-hydrogen) atoms. The van der Waals surface area contributed by atoms with Crippen LogP contribution >= 0.6 is 15.9 Å². The molecule has 1 nitrogen and oxygen atoms in total. The molecule has 0 saturated heterocycles. The minimum absolute atomic E-state index is 0.164. The summed E-state index contributed by atoms with van der Waals surface area (Å²) in [4.78, 5) is 0. The third-order valence-corrected chi connectivity index (χ3v) is 4.02. The lowest BCUT2D eigenvalue weighted by atomic mass is 9.93. The highest BCUT2D eigenvalue weighted by atomic mass is 79.9. The molecule has 1 N–H and O–H groups in total. The third-order valence-electron chi connectivity index (χ3n) is 3.24. The predicted octanol–water partition coefficient (Wildman–Crippen LogP) is 4.15. The van der Waals surface area contributed by atoms with E-state index in [0.29, 0.717) is 12.0 Å². The van der Waals surface area contributed by atoms with E-state index in [0.717, 1.165) is 29.4 Å². The lowest BCUT2D eigenvalue weighted by Crippen LogP contribution is -2.36. The minimum Gasteiger partial charge on any atom is -0.314 e. The summed E-state index contributed by atoms with van der Waals surface area (Å²) in [5, 5.41) is 3.49. The van der Waals surface area contributed by atoms with Crippen molar-refractivity contribution < 1.29 is 4.39 Å². The zero-order chi connectivity index (χ0) is 12.8. The van der Waals surface area contributed by atoms with Crippen molar-refractivity contribution in [2.75, 3.05) is 6.54 Å². The maximum atomic E-state index is 13.2. The van der Waals surface area contributed by atoms with E-state index in [-0.39, 0.29) is 5.82 Å². The minimum atomic E-state index is -0.164. The Bertz CT molecular complexity index is 354. The molecule has 0 aliphatic rings. The molecule has 1 aromatic rings. The van der Waals surface area contributed by atoms with Crippen molar-refractivity contribution in [2.24, 2.45) is 5.92 Å². The van der Waals surface area contributed by atoms with Gasteiger partial charge in [0.1, 0.15) is 5.82 Å². The second-order valence-corrected chi connectivity index (χ2v) is 5.34. The molecular weight excluding hydrogens is 281 g/mol. The fourth-order valence-corrected chi connectivity index (χ4v) is 2.37. The normalized spacial score (nSPS) is 14.6. The van der Waals surface area contributed by atoms with E-state index < -0.39 is 0 Å². The molecule has 0 fully saturated rings. The van der Waals surface area contributed by atoms with Crippen molar-refractivity contribution >= 4 is 15.9 Å². The monoisotopic (exact) mass is 301 g/mol. The van der Waals surface area contributed by atoms with Crippen molar-refractivity contribution in [2.45, 2.75) is 39.7 Å². The van der Waals surface area contributed by atoms with Crippen LogP contribution in [-0.2, 0) is 6.42 Å². The molecule has 0 radical (unpaired) electrons. The summed E-state index contributed by atoms with van der Waals surface area (Å²) in [5.74, 6) is 0.424. The van der Waals surface area contributed by atoms with Crippen LogP contribution in [0.4, 0.5) is 4.39 Å². The van der Waals surface area contributed by atoms with E-state index >= 15 is 0 Å². The van der Waals surface area contributed by atoms with Gasteiger partial charge in [0.15, 0.2) is 0 Å².